The molecule has 4 rings (SSSR count). The van der Waals surface area contributed by atoms with Crippen LogP contribution in [0, 0.1) is 0 Å². The van der Waals surface area contributed by atoms with Gasteiger partial charge in [0, 0.05) is 25.7 Å². The van der Waals surface area contributed by atoms with Crippen LogP contribution < -0.4 is 10.6 Å². The molecule has 1 aromatic rings. The maximum absolute atomic E-state index is 12.4. The fourth-order valence-electron chi connectivity index (χ4n) is 3.67. The van der Waals surface area contributed by atoms with Crippen molar-refractivity contribution in [2.45, 2.75) is 43.8 Å². The van der Waals surface area contributed by atoms with Gasteiger partial charge >= 0.3 is 22.4 Å². The van der Waals surface area contributed by atoms with Gasteiger partial charge in [0.1, 0.15) is 6.04 Å². The Morgan fingerprint density at radius 1 is 1.19 bits per heavy atom. The number of urea groups is 1. The minimum absolute atomic E-state index is 0.180. The van der Waals surface area contributed by atoms with Crippen LogP contribution in [-0.4, -0.2) is 70.9 Å². The van der Waals surface area contributed by atoms with Crippen molar-refractivity contribution in [1.29, 1.82) is 0 Å². The molecule has 3 saturated heterocycles. The van der Waals surface area contributed by atoms with Gasteiger partial charge < -0.3 is 20.0 Å². The third-order valence-electron chi connectivity index (χ3n) is 5.02. The van der Waals surface area contributed by atoms with Crippen LogP contribution in [0.3, 0.4) is 0 Å². The minimum Gasteiger partial charge on any atom is -0.406 e. The van der Waals surface area contributed by atoms with E-state index in [1.807, 2.05) is 4.90 Å². The summed E-state index contributed by atoms with van der Waals surface area (Å²) in [6.45, 7) is 1.72. The largest absolute Gasteiger partial charge is 0.418 e. The van der Waals surface area contributed by atoms with Crippen LogP contribution in [0.4, 0.5) is 10.8 Å². The van der Waals surface area contributed by atoms with E-state index in [1.54, 1.807) is 0 Å². The number of rotatable bonds is 4. The maximum atomic E-state index is 12.4. The minimum atomic E-state index is -4.77. The summed E-state index contributed by atoms with van der Waals surface area (Å²) in [7, 11) is -4.77. The number of carbonyl (C=O) groups excluding carboxylic acids is 1. The first-order valence-electron chi connectivity index (χ1n) is 8.42. The average Bonchev–Trinajstić information content (AvgIpc) is 3.15. The molecule has 0 aromatic carbocycles. The molecular formula is C13H20N6O6S. The summed E-state index contributed by atoms with van der Waals surface area (Å²) in [4.78, 5) is 15.8. The molecule has 0 aliphatic carbocycles. The Hall–Kier alpha value is -1.96. The predicted molar refractivity (Wildman–Crippen MR) is 86.1 cm³/mol. The van der Waals surface area contributed by atoms with Crippen molar-refractivity contribution in [3.05, 3.63) is 5.89 Å². The van der Waals surface area contributed by atoms with Gasteiger partial charge in [0.2, 0.25) is 5.89 Å². The molecule has 2 unspecified atom stereocenters. The van der Waals surface area contributed by atoms with Gasteiger partial charge in [0.05, 0.1) is 6.04 Å². The summed E-state index contributed by atoms with van der Waals surface area (Å²) in [6, 6.07) is -0.987. The first-order chi connectivity index (χ1) is 12.3. The third-order valence-corrected chi connectivity index (χ3v) is 5.37. The van der Waals surface area contributed by atoms with Crippen molar-refractivity contribution in [1.82, 2.24) is 20.2 Å². The fraction of sp³-hybridized carbons (Fsp3) is 0.769. The number of anilines is 1. The van der Waals surface area contributed by atoms with Crippen molar-refractivity contribution in [3.63, 3.8) is 0 Å². The van der Waals surface area contributed by atoms with E-state index >= 15 is 0 Å². The van der Waals surface area contributed by atoms with Crippen LogP contribution in [0.15, 0.2) is 4.42 Å². The molecule has 12 nitrogen and oxygen atoms in total. The van der Waals surface area contributed by atoms with E-state index in [0.717, 1.165) is 25.9 Å². The third kappa shape index (κ3) is 3.22. The Labute approximate surface area is 149 Å². The number of hydroxylamine groups is 2. The lowest BCUT2D eigenvalue weighted by atomic mass is 10.0. The van der Waals surface area contributed by atoms with Gasteiger partial charge in [-0.2, -0.15) is 13.5 Å². The summed E-state index contributed by atoms with van der Waals surface area (Å²) in [5.74, 6) is 0.301. The highest BCUT2D eigenvalue weighted by Crippen LogP contribution is 2.38. The van der Waals surface area contributed by atoms with E-state index < -0.39 is 28.5 Å². The smallest absolute Gasteiger partial charge is 0.406 e. The zero-order valence-corrected chi connectivity index (χ0v) is 14.7. The molecule has 3 fully saturated rings. The molecule has 1 aromatic heterocycles. The van der Waals surface area contributed by atoms with Crippen LogP contribution in [0.2, 0.25) is 0 Å². The van der Waals surface area contributed by atoms with Gasteiger partial charge in [-0.25, -0.2) is 4.79 Å². The van der Waals surface area contributed by atoms with Crippen LogP contribution in [0.25, 0.3) is 0 Å². The van der Waals surface area contributed by atoms with Crippen molar-refractivity contribution < 1.29 is 26.5 Å². The standard InChI is InChI=1S/C13H20N6O6S/c14-8-3-5-17(6-4-8)12-16-15-11(24-12)10-2-1-9-7-18(10)13(20)19(9)25-26(21,22)23/h8-10H,1-7,14H2,(H,21,22,23). The van der Waals surface area contributed by atoms with Crippen molar-refractivity contribution >= 4 is 22.4 Å². The Morgan fingerprint density at radius 2 is 1.92 bits per heavy atom. The number of aromatic nitrogens is 2. The molecule has 2 atom stereocenters. The number of carbonyl (C=O) groups is 1. The van der Waals surface area contributed by atoms with Crippen LogP contribution in [0.5, 0.6) is 0 Å². The van der Waals surface area contributed by atoms with Gasteiger partial charge in [-0.15, -0.1) is 9.38 Å². The molecule has 3 aliphatic heterocycles. The predicted octanol–water partition coefficient (Wildman–Crippen LogP) is -0.327. The average molecular weight is 388 g/mol. The molecule has 4 heterocycles. The quantitative estimate of drug-likeness (QED) is 0.655. The maximum Gasteiger partial charge on any atom is 0.418 e. The van der Waals surface area contributed by atoms with E-state index in [-0.39, 0.29) is 12.6 Å². The van der Waals surface area contributed by atoms with Gasteiger partial charge in [-0.05, 0) is 25.7 Å². The molecule has 0 saturated carbocycles. The SMILES string of the molecule is NC1CCN(c2nnc(C3CCC4CN3C(=O)N4OS(=O)(=O)O)o2)CC1. The molecule has 3 N–H and O–H groups in total. The molecule has 13 heteroatoms. The molecule has 26 heavy (non-hydrogen) atoms. The lowest BCUT2D eigenvalue weighted by Gasteiger charge is -2.29. The first-order valence-corrected chi connectivity index (χ1v) is 9.79. The summed E-state index contributed by atoms with van der Waals surface area (Å²) in [5, 5.41) is 8.84. The number of nitrogens with two attached hydrogens (primary N) is 1. The number of piperidine rings is 2. The Balaban J connectivity index is 1.49. The van der Waals surface area contributed by atoms with Crippen molar-refractivity contribution in [2.24, 2.45) is 5.73 Å². The molecule has 0 radical (unpaired) electrons. The highest BCUT2D eigenvalue weighted by molar-refractivity contribution is 7.80. The number of nitrogens with zero attached hydrogens (tertiary/aromatic N) is 5. The van der Waals surface area contributed by atoms with E-state index in [0.29, 0.717) is 29.8 Å². The lowest BCUT2D eigenvalue weighted by molar-refractivity contribution is -0.0317. The monoisotopic (exact) mass is 388 g/mol. The number of amides is 2. The first kappa shape index (κ1) is 17.5. The fourth-order valence-corrected chi connectivity index (χ4v) is 4.06. The Kier molecular flexibility index (Phi) is 4.25. The molecular weight excluding hydrogens is 368 g/mol. The zero-order chi connectivity index (χ0) is 18.5. The van der Waals surface area contributed by atoms with Crippen molar-refractivity contribution in [3.8, 4) is 0 Å². The van der Waals surface area contributed by atoms with E-state index in [1.165, 1.54) is 4.90 Å². The van der Waals surface area contributed by atoms with Crippen LogP contribution >= 0.6 is 0 Å². The normalized spacial score (nSPS) is 27.5. The summed E-state index contributed by atoms with van der Waals surface area (Å²) in [6.07, 6.45) is 2.69. The lowest BCUT2D eigenvalue weighted by Crippen LogP contribution is -2.39. The second kappa shape index (κ2) is 6.33. The second-order valence-electron chi connectivity index (χ2n) is 6.76. The molecule has 144 valence electrons. The van der Waals surface area contributed by atoms with Gasteiger partial charge in [-0.3, -0.25) is 4.55 Å². The van der Waals surface area contributed by atoms with Crippen molar-refractivity contribution in [2.75, 3.05) is 24.5 Å². The van der Waals surface area contributed by atoms with Crippen LogP contribution in [0.1, 0.15) is 37.6 Å². The Morgan fingerprint density at radius 3 is 2.62 bits per heavy atom. The Bertz CT molecular complexity index is 791. The molecule has 3 aliphatic rings. The second-order valence-corrected chi connectivity index (χ2v) is 7.76. The van der Waals surface area contributed by atoms with Gasteiger partial charge in [0.25, 0.3) is 0 Å². The van der Waals surface area contributed by atoms with E-state index in [9.17, 15) is 13.2 Å². The van der Waals surface area contributed by atoms with Gasteiger partial charge in [0.15, 0.2) is 0 Å². The van der Waals surface area contributed by atoms with Crippen LogP contribution in [-0.2, 0) is 14.7 Å². The van der Waals surface area contributed by atoms with E-state index in [4.69, 9.17) is 14.7 Å². The molecule has 2 amide bonds. The highest BCUT2D eigenvalue weighted by Gasteiger charge is 2.49. The topological polar surface area (TPSA) is 155 Å². The molecule has 2 bridgehead atoms. The highest BCUT2D eigenvalue weighted by atomic mass is 32.3. The number of hydrogen-bond acceptors (Lipinski definition) is 9. The van der Waals surface area contributed by atoms with E-state index in [2.05, 4.69) is 14.5 Å². The summed E-state index contributed by atoms with van der Waals surface area (Å²) >= 11 is 0. The summed E-state index contributed by atoms with van der Waals surface area (Å²) in [5.41, 5.74) is 5.90. The number of hydrogen-bond donors (Lipinski definition) is 2. The van der Waals surface area contributed by atoms with Gasteiger partial charge in [-0.1, -0.05) is 5.10 Å². The summed E-state index contributed by atoms with van der Waals surface area (Å²) < 4.78 is 40.9. The molecule has 0 spiro atoms. The number of fused-ring (bicyclic) bond motifs is 2. The zero-order valence-electron chi connectivity index (χ0n) is 13.9.